The minimum absolute atomic E-state index is 0.0100. The number of hydrogen-bond acceptors (Lipinski definition) is 6. The number of rotatable bonds is 12. The number of aromatic nitrogens is 1. The number of benzene rings is 2. The number of halogens is 4. The highest BCUT2D eigenvalue weighted by atomic mass is 19.4. The van der Waals surface area contributed by atoms with E-state index < -0.39 is 53.3 Å². The average molecular weight is 675 g/mol. The topological polar surface area (TPSA) is 145 Å². The van der Waals surface area contributed by atoms with Gasteiger partial charge in [-0.05, 0) is 49.1 Å². The molecule has 1 atom stereocenters. The van der Waals surface area contributed by atoms with Crippen molar-refractivity contribution in [2.75, 3.05) is 52.5 Å². The van der Waals surface area contributed by atoms with Crippen molar-refractivity contribution in [2.24, 2.45) is 0 Å². The van der Waals surface area contributed by atoms with Crippen molar-refractivity contribution >= 4 is 34.5 Å². The highest BCUT2D eigenvalue weighted by Gasteiger charge is 2.44. The number of amides is 4. The van der Waals surface area contributed by atoms with Gasteiger partial charge < -0.3 is 31.0 Å². The Morgan fingerprint density at radius 2 is 1.67 bits per heavy atom. The maximum atomic E-state index is 14.0. The van der Waals surface area contributed by atoms with E-state index >= 15 is 0 Å². The molecule has 3 aromatic rings. The first kappa shape index (κ1) is 34.8. The smallest absolute Gasteiger partial charge is 0.379 e. The van der Waals surface area contributed by atoms with Crippen LogP contribution in [0.3, 0.4) is 0 Å². The van der Waals surface area contributed by atoms with Gasteiger partial charge in [-0.25, -0.2) is 4.39 Å². The minimum Gasteiger partial charge on any atom is -0.379 e. The van der Waals surface area contributed by atoms with E-state index in [-0.39, 0.29) is 48.7 Å². The monoisotopic (exact) mass is 674 g/mol. The fraction of sp³-hybridized carbons (Fsp3) is 0.455. The van der Waals surface area contributed by atoms with Crippen molar-refractivity contribution in [2.45, 2.75) is 43.8 Å². The SMILES string of the molecule is O=C(CNC(=O)[C@@]1(NC(=O)CNC(=O)Cc2ccccc2F)CCc2[nH]c3c(C(F)(F)F)cccc3c2C1)NCCCN1CCOCC1. The Kier molecular flexibility index (Phi) is 11.0. The van der Waals surface area contributed by atoms with Crippen LogP contribution in [0.4, 0.5) is 17.6 Å². The van der Waals surface area contributed by atoms with E-state index in [0.717, 1.165) is 25.7 Å². The molecule has 5 N–H and O–H groups in total. The molecular formula is C33H38F4N6O5. The number of aromatic amines is 1. The fourth-order valence-electron chi connectivity index (χ4n) is 6.18. The summed E-state index contributed by atoms with van der Waals surface area (Å²) in [4.78, 5) is 57.1. The van der Waals surface area contributed by atoms with Gasteiger partial charge >= 0.3 is 6.18 Å². The summed E-state index contributed by atoms with van der Waals surface area (Å²) in [5.41, 5.74) is -1.52. The number of nitrogens with zero attached hydrogens (tertiary/aromatic N) is 1. The molecule has 48 heavy (non-hydrogen) atoms. The van der Waals surface area contributed by atoms with Crippen molar-refractivity contribution in [1.29, 1.82) is 0 Å². The predicted octanol–water partition coefficient (Wildman–Crippen LogP) is 1.98. The van der Waals surface area contributed by atoms with Gasteiger partial charge in [-0.3, -0.25) is 24.1 Å². The first-order valence-corrected chi connectivity index (χ1v) is 15.8. The highest BCUT2D eigenvalue weighted by Crippen LogP contribution is 2.40. The van der Waals surface area contributed by atoms with Gasteiger partial charge in [-0.2, -0.15) is 13.2 Å². The maximum Gasteiger partial charge on any atom is 0.418 e. The van der Waals surface area contributed by atoms with Crippen LogP contribution in [0.25, 0.3) is 10.9 Å². The molecule has 4 amide bonds. The molecule has 2 aromatic carbocycles. The molecule has 0 radical (unpaired) electrons. The van der Waals surface area contributed by atoms with Gasteiger partial charge in [0.15, 0.2) is 0 Å². The van der Waals surface area contributed by atoms with E-state index in [2.05, 4.69) is 31.2 Å². The molecule has 15 heteroatoms. The fourth-order valence-corrected chi connectivity index (χ4v) is 6.18. The number of carbonyl (C=O) groups excluding carboxylic acids is 4. The lowest BCUT2D eigenvalue weighted by Crippen LogP contribution is -2.63. The molecular weight excluding hydrogens is 636 g/mol. The van der Waals surface area contributed by atoms with Crippen LogP contribution >= 0.6 is 0 Å². The van der Waals surface area contributed by atoms with Crippen LogP contribution in [0.15, 0.2) is 42.5 Å². The Morgan fingerprint density at radius 3 is 2.42 bits per heavy atom. The molecule has 1 aliphatic carbocycles. The number of para-hydroxylation sites is 1. The normalized spacial score (nSPS) is 18.2. The summed E-state index contributed by atoms with van der Waals surface area (Å²) in [5, 5.41) is 10.7. The van der Waals surface area contributed by atoms with Crippen LogP contribution in [-0.2, 0) is 49.4 Å². The number of ether oxygens (including phenoxy) is 1. The van der Waals surface area contributed by atoms with Gasteiger partial charge in [0.05, 0.1) is 43.8 Å². The zero-order valence-corrected chi connectivity index (χ0v) is 26.2. The lowest BCUT2D eigenvalue weighted by molar-refractivity contribution is -0.136. The molecule has 1 aromatic heterocycles. The molecule has 0 bridgehead atoms. The molecule has 2 heterocycles. The van der Waals surface area contributed by atoms with Crippen LogP contribution in [0.2, 0.25) is 0 Å². The van der Waals surface area contributed by atoms with Crippen molar-refractivity contribution in [3.63, 3.8) is 0 Å². The molecule has 0 spiro atoms. The Balaban J connectivity index is 1.26. The second-order valence-electron chi connectivity index (χ2n) is 12.0. The van der Waals surface area contributed by atoms with Crippen molar-refractivity contribution in [3.8, 4) is 0 Å². The summed E-state index contributed by atoms with van der Waals surface area (Å²) >= 11 is 0. The second-order valence-corrected chi connectivity index (χ2v) is 12.0. The van der Waals surface area contributed by atoms with Gasteiger partial charge in [-0.1, -0.05) is 30.3 Å². The lowest BCUT2D eigenvalue weighted by Gasteiger charge is -2.36. The molecule has 258 valence electrons. The summed E-state index contributed by atoms with van der Waals surface area (Å²) in [5.74, 6) is -3.06. The van der Waals surface area contributed by atoms with Crippen LogP contribution in [0.1, 0.15) is 35.2 Å². The summed E-state index contributed by atoms with van der Waals surface area (Å²) in [7, 11) is 0. The van der Waals surface area contributed by atoms with Crippen molar-refractivity contribution in [3.05, 3.63) is 70.7 Å². The van der Waals surface area contributed by atoms with Gasteiger partial charge in [0.1, 0.15) is 11.4 Å². The molecule has 0 unspecified atom stereocenters. The lowest BCUT2D eigenvalue weighted by atomic mass is 9.78. The molecule has 11 nitrogen and oxygen atoms in total. The van der Waals surface area contributed by atoms with Gasteiger partial charge in [0, 0.05) is 37.1 Å². The van der Waals surface area contributed by atoms with E-state index in [9.17, 15) is 36.7 Å². The maximum absolute atomic E-state index is 14.0. The third-order valence-corrected chi connectivity index (χ3v) is 8.67. The van der Waals surface area contributed by atoms with Crippen LogP contribution in [0.5, 0.6) is 0 Å². The predicted molar refractivity (Wildman–Crippen MR) is 167 cm³/mol. The van der Waals surface area contributed by atoms with Gasteiger partial charge in [0.2, 0.25) is 23.6 Å². The Hall–Kier alpha value is -4.50. The molecule has 5 rings (SSSR count). The zero-order valence-electron chi connectivity index (χ0n) is 26.2. The van der Waals surface area contributed by atoms with E-state index in [1.807, 2.05) is 0 Å². The van der Waals surface area contributed by atoms with Crippen LogP contribution in [0, 0.1) is 5.82 Å². The second kappa shape index (κ2) is 15.2. The molecule has 1 aliphatic heterocycles. The number of nitrogens with one attached hydrogen (secondary N) is 5. The van der Waals surface area contributed by atoms with E-state index in [0.29, 0.717) is 37.4 Å². The summed E-state index contributed by atoms with van der Waals surface area (Å²) in [6.45, 7) is 3.23. The Bertz CT molecular complexity index is 1650. The quantitative estimate of drug-likeness (QED) is 0.147. The first-order valence-electron chi connectivity index (χ1n) is 15.8. The third-order valence-electron chi connectivity index (χ3n) is 8.67. The number of alkyl halides is 3. The molecule has 1 fully saturated rings. The van der Waals surface area contributed by atoms with Gasteiger partial charge in [0.25, 0.3) is 0 Å². The van der Waals surface area contributed by atoms with Crippen molar-refractivity contribution in [1.82, 2.24) is 31.2 Å². The number of morpholine rings is 1. The highest BCUT2D eigenvalue weighted by molar-refractivity contribution is 5.97. The summed E-state index contributed by atoms with van der Waals surface area (Å²) in [6, 6.07) is 9.48. The van der Waals surface area contributed by atoms with E-state index in [1.165, 1.54) is 30.3 Å². The van der Waals surface area contributed by atoms with Crippen LogP contribution < -0.4 is 21.3 Å². The third kappa shape index (κ3) is 8.50. The number of carbonyl (C=O) groups is 4. The molecule has 1 saturated heterocycles. The van der Waals surface area contributed by atoms with E-state index in [4.69, 9.17) is 4.74 Å². The zero-order chi connectivity index (χ0) is 34.3. The summed E-state index contributed by atoms with van der Waals surface area (Å²) < 4.78 is 60.7. The molecule has 2 aliphatic rings. The minimum atomic E-state index is -4.62. The van der Waals surface area contributed by atoms with Crippen LogP contribution in [-0.4, -0.2) is 91.5 Å². The Labute approximate surface area is 274 Å². The largest absolute Gasteiger partial charge is 0.418 e. The molecule has 0 saturated carbocycles. The van der Waals surface area contributed by atoms with Gasteiger partial charge in [-0.15, -0.1) is 0 Å². The standard InChI is InChI=1S/C33H38F4N6O5/c34-25-8-2-1-5-21(25)17-27(44)39-20-29(46)42-32(31(47)40-19-28(45)38-11-4-12-43-13-15-48-16-14-43)10-9-26-23(18-32)22-6-3-7-24(30(22)41-26)33(35,36)37/h1-3,5-8,41H,4,9-20H2,(H,38,45)(H,39,44)(H,40,47)(H,42,46)/t32-/m1/s1. The average Bonchev–Trinajstić information content (AvgIpc) is 3.43. The number of hydrogen-bond donors (Lipinski definition) is 5. The Morgan fingerprint density at radius 1 is 0.917 bits per heavy atom. The number of fused-ring (bicyclic) bond motifs is 3. The summed E-state index contributed by atoms with van der Waals surface area (Å²) in [6.07, 6.45) is -4.25. The first-order chi connectivity index (χ1) is 22.9. The van der Waals surface area contributed by atoms with E-state index in [1.54, 1.807) is 6.07 Å². The number of aryl methyl sites for hydroxylation is 1. The van der Waals surface area contributed by atoms with Crippen molar-refractivity contribution < 1.29 is 41.5 Å². The number of H-pyrrole nitrogens is 1.